The highest BCUT2D eigenvalue weighted by atomic mass is 127. The van der Waals surface area contributed by atoms with Crippen LogP contribution in [0.2, 0.25) is 0 Å². The van der Waals surface area contributed by atoms with Crippen molar-refractivity contribution in [3.8, 4) is 0 Å². The third-order valence-corrected chi connectivity index (χ3v) is 1.92. The third kappa shape index (κ3) is 1.02. The predicted molar refractivity (Wildman–Crippen MR) is 47.9 cm³/mol. The van der Waals surface area contributed by atoms with E-state index in [2.05, 4.69) is 15.3 Å². The van der Waals surface area contributed by atoms with Crippen molar-refractivity contribution in [2.75, 3.05) is 5.73 Å². The average Bonchev–Trinajstić information content (AvgIpc) is 2.33. The van der Waals surface area contributed by atoms with E-state index in [9.17, 15) is 0 Å². The first kappa shape index (κ1) is 6.77. The normalized spacial score (nSPS) is 10.6. The number of fused-ring (bicyclic) bond motifs is 1. The number of hydrogen-bond donors (Lipinski definition) is 1. The number of hydrogen-bond acceptors (Lipinski definition) is 4. The summed E-state index contributed by atoms with van der Waals surface area (Å²) in [4.78, 5) is 0. The van der Waals surface area contributed by atoms with E-state index in [0.717, 1.165) is 0 Å². The Morgan fingerprint density at radius 3 is 3.00 bits per heavy atom. The molecule has 0 bridgehead atoms. The van der Waals surface area contributed by atoms with Crippen LogP contribution in [0.15, 0.2) is 12.1 Å². The maximum atomic E-state index is 5.46. The number of aromatic nitrogens is 4. The Bertz CT molecular complexity index is 395. The fourth-order valence-electron chi connectivity index (χ4n) is 0.777. The van der Waals surface area contributed by atoms with Crippen molar-refractivity contribution >= 4 is 34.1 Å². The van der Waals surface area contributed by atoms with Crippen LogP contribution in [0.4, 0.5) is 5.82 Å². The summed E-state index contributed by atoms with van der Waals surface area (Å²) in [6.07, 6.45) is 0. The highest BCUT2D eigenvalue weighted by molar-refractivity contribution is 14.1. The summed E-state index contributed by atoms with van der Waals surface area (Å²) in [6, 6.07) is 3.47. The van der Waals surface area contributed by atoms with Gasteiger partial charge >= 0.3 is 0 Å². The van der Waals surface area contributed by atoms with Gasteiger partial charge in [0, 0.05) is 22.6 Å². The molecule has 6 heteroatoms. The number of nitrogens with zero attached hydrogens (tertiary/aromatic N) is 4. The summed E-state index contributed by atoms with van der Waals surface area (Å²) in [6.45, 7) is 0. The van der Waals surface area contributed by atoms with Crippen molar-refractivity contribution in [3.63, 3.8) is 0 Å². The molecule has 0 aliphatic carbocycles. The maximum absolute atomic E-state index is 5.46. The number of rotatable bonds is 0. The monoisotopic (exact) mass is 261 g/mol. The van der Waals surface area contributed by atoms with E-state index in [1.54, 1.807) is 16.6 Å². The third-order valence-electron chi connectivity index (χ3n) is 1.25. The van der Waals surface area contributed by atoms with Crippen molar-refractivity contribution in [1.29, 1.82) is 0 Å². The Kier molecular flexibility index (Phi) is 1.41. The van der Waals surface area contributed by atoms with Gasteiger partial charge in [0.1, 0.15) is 5.82 Å². The highest BCUT2D eigenvalue weighted by Gasteiger charge is 2.01. The Morgan fingerprint density at radius 1 is 1.36 bits per heavy atom. The molecule has 2 N–H and O–H groups in total. The summed E-state index contributed by atoms with van der Waals surface area (Å²) in [5.74, 6) is 0.468. The zero-order valence-electron chi connectivity index (χ0n) is 5.40. The summed E-state index contributed by atoms with van der Waals surface area (Å²) in [5, 5.41) is 11.7. The van der Waals surface area contributed by atoms with E-state index in [-0.39, 0.29) is 0 Å². The molecule has 0 saturated carbocycles. The Labute approximate surface area is 75.7 Å². The molecule has 0 unspecified atom stereocenters. The maximum Gasteiger partial charge on any atom is 0.215 e. The van der Waals surface area contributed by atoms with Crippen molar-refractivity contribution in [2.24, 2.45) is 0 Å². The van der Waals surface area contributed by atoms with E-state index >= 15 is 0 Å². The second kappa shape index (κ2) is 2.29. The number of halogens is 1. The molecule has 0 radical (unpaired) electrons. The molecule has 0 amide bonds. The Morgan fingerprint density at radius 2 is 2.18 bits per heavy atom. The van der Waals surface area contributed by atoms with Crippen LogP contribution >= 0.6 is 22.6 Å². The van der Waals surface area contributed by atoms with Crippen LogP contribution < -0.4 is 5.73 Å². The Balaban J connectivity index is 2.87. The van der Waals surface area contributed by atoms with E-state index < -0.39 is 0 Å². The van der Waals surface area contributed by atoms with Crippen LogP contribution in [0.25, 0.3) is 5.65 Å². The molecule has 0 spiro atoms. The summed E-state index contributed by atoms with van der Waals surface area (Å²) < 4.78 is 2.31. The van der Waals surface area contributed by atoms with Crippen molar-refractivity contribution in [1.82, 2.24) is 19.8 Å². The van der Waals surface area contributed by atoms with E-state index in [0.29, 0.717) is 15.3 Å². The number of nitrogens with two attached hydrogens (primary N) is 1. The quantitative estimate of drug-likeness (QED) is 0.693. The van der Waals surface area contributed by atoms with E-state index in [1.165, 1.54) is 0 Å². The molecule has 0 atom stereocenters. The van der Waals surface area contributed by atoms with Crippen LogP contribution in [0, 0.1) is 3.83 Å². The van der Waals surface area contributed by atoms with Crippen LogP contribution in [0.1, 0.15) is 0 Å². The lowest BCUT2D eigenvalue weighted by atomic mass is 10.5. The van der Waals surface area contributed by atoms with Gasteiger partial charge in [-0.1, -0.05) is 0 Å². The standard InChI is InChI=1S/C5H4IN5/c6-5-9-8-4-2-1-3(7)10-11(4)5/h1-2H,(H2,7,10). The zero-order valence-corrected chi connectivity index (χ0v) is 7.56. The molecule has 2 aromatic rings. The van der Waals surface area contributed by atoms with Gasteiger partial charge in [-0.3, -0.25) is 0 Å². The first-order valence-electron chi connectivity index (χ1n) is 2.91. The topological polar surface area (TPSA) is 69.1 Å². The molecule has 0 aliphatic heterocycles. The highest BCUT2D eigenvalue weighted by Crippen LogP contribution is 2.05. The van der Waals surface area contributed by atoms with Gasteiger partial charge in [-0.05, 0) is 12.1 Å². The van der Waals surface area contributed by atoms with E-state index in [4.69, 9.17) is 5.73 Å². The van der Waals surface area contributed by atoms with E-state index in [1.807, 2.05) is 22.6 Å². The molecule has 5 nitrogen and oxygen atoms in total. The van der Waals surface area contributed by atoms with Crippen molar-refractivity contribution in [3.05, 3.63) is 16.0 Å². The van der Waals surface area contributed by atoms with Gasteiger partial charge in [0.05, 0.1) is 0 Å². The largest absolute Gasteiger partial charge is 0.382 e. The van der Waals surface area contributed by atoms with Crippen LogP contribution in [-0.2, 0) is 0 Å². The minimum Gasteiger partial charge on any atom is -0.382 e. The number of nitrogen functional groups attached to an aromatic ring is 1. The predicted octanol–water partition coefficient (Wildman–Crippen LogP) is 0.311. The first-order chi connectivity index (χ1) is 5.27. The van der Waals surface area contributed by atoms with Gasteiger partial charge in [-0.25, -0.2) is 0 Å². The zero-order chi connectivity index (χ0) is 7.84. The minimum atomic E-state index is 0.468. The fraction of sp³-hybridized carbons (Fsp3) is 0. The molecule has 0 aliphatic rings. The average molecular weight is 261 g/mol. The molecule has 0 saturated heterocycles. The van der Waals surface area contributed by atoms with Crippen LogP contribution in [-0.4, -0.2) is 19.8 Å². The van der Waals surface area contributed by atoms with Gasteiger partial charge in [-0.15, -0.1) is 15.3 Å². The summed E-state index contributed by atoms with van der Waals surface area (Å²) >= 11 is 2.04. The second-order valence-corrected chi connectivity index (χ2v) is 2.96. The minimum absolute atomic E-state index is 0.468. The Hall–Kier alpha value is -0.920. The number of anilines is 1. The molecule has 0 fully saturated rings. The summed E-state index contributed by atoms with van der Waals surface area (Å²) in [5.41, 5.74) is 6.17. The van der Waals surface area contributed by atoms with Gasteiger partial charge in [0.15, 0.2) is 5.65 Å². The molecule has 2 rings (SSSR count). The lowest BCUT2D eigenvalue weighted by molar-refractivity contribution is 0.902. The molecular formula is C5H4IN5. The molecule has 0 aromatic carbocycles. The van der Waals surface area contributed by atoms with Crippen molar-refractivity contribution in [2.45, 2.75) is 0 Å². The SMILES string of the molecule is Nc1ccc2nnc(I)n2n1. The molecule has 56 valence electrons. The molecule has 2 aromatic heterocycles. The van der Waals surface area contributed by atoms with Crippen LogP contribution in [0.3, 0.4) is 0 Å². The molecular weight excluding hydrogens is 257 g/mol. The first-order valence-corrected chi connectivity index (χ1v) is 3.99. The van der Waals surface area contributed by atoms with Crippen molar-refractivity contribution < 1.29 is 0 Å². The summed E-state index contributed by atoms with van der Waals surface area (Å²) in [7, 11) is 0. The smallest absolute Gasteiger partial charge is 0.215 e. The van der Waals surface area contributed by atoms with Gasteiger partial charge in [-0.2, -0.15) is 4.52 Å². The lowest BCUT2D eigenvalue weighted by Crippen LogP contribution is -1.98. The van der Waals surface area contributed by atoms with Gasteiger partial charge in [0.2, 0.25) is 3.83 Å². The van der Waals surface area contributed by atoms with Gasteiger partial charge in [0.25, 0.3) is 0 Å². The second-order valence-electron chi connectivity index (χ2n) is 2.00. The van der Waals surface area contributed by atoms with Gasteiger partial charge < -0.3 is 5.73 Å². The fourth-order valence-corrected chi connectivity index (χ4v) is 1.24. The van der Waals surface area contributed by atoms with Crippen LogP contribution in [0.5, 0.6) is 0 Å². The lowest BCUT2D eigenvalue weighted by Gasteiger charge is -1.92. The molecule has 11 heavy (non-hydrogen) atoms. The molecule has 2 heterocycles.